The first-order valence-electron chi connectivity index (χ1n) is 4.53. The van der Waals surface area contributed by atoms with Crippen molar-refractivity contribution in [1.82, 2.24) is 0 Å². The SMILES string of the molecule is N=[N+]=C1C=Cc2c(cccc2S(=O)(=O)O)C1.[Cl-]. The summed E-state index contributed by atoms with van der Waals surface area (Å²) in [6.07, 6.45) is 3.53. The van der Waals surface area contributed by atoms with Gasteiger partial charge in [0.15, 0.2) is 0 Å². The lowest BCUT2D eigenvalue weighted by molar-refractivity contribution is -0.119. The molecule has 0 fully saturated rings. The molecule has 0 atom stereocenters. The summed E-state index contributed by atoms with van der Waals surface area (Å²) in [5.74, 6) is 0. The highest BCUT2D eigenvalue weighted by Crippen LogP contribution is 2.24. The predicted octanol–water partition coefficient (Wildman–Crippen LogP) is -1.81. The van der Waals surface area contributed by atoms with E-state index in [1.165, 1.54) is 6.07 Å². The minimum atomic E-state index is -4.21. The minimum Gasteiger partial charge on any atom is -1.00 e. The van der Waals surface area contributed by atoms with Gasteiger partial charge in [0.05, 0.1) is 16.7 Å². The van der Waals surface area contributed by atoms with Crippen molar-refractivity contribution in [2.75, 3.05) is 0 Å². The van der Waals surface area contributed by atoms with Gasteiger partial charge in [-0.25, -0.2) is 0 Å². The Labute approximate surface area is 105 Å². The van der Waals surface area contributed by atoms with Crippen LogP contribution in [0, 0.1) is 5.53 Å². The van der Waals surface area contributed by atoms with Crippen LogP contribution in [0.5, 0.6) is 0 Å². The molecule has 0 heterocycles. The van der Waals surface area contributed by atoms with Gasteiger partial charge in [0.25, 0.3) is 10.1 Å². The van der Waals surface area contributed by atoms with E-state index in [1.54, 1.807) is 24.3 Å². The molecule has 1 aliphatic rings. The lowest BCUT2D eigenvalue weighted by atomic mass is 9.96. The van der Waals surface area contributed by atoms with Crippen LogP contribution in [0.2, 0.25) is 0 Å². The van der Waals surface area contributed by atoms with E-state index < -0.39 is 10.1 Å². The zero-order valence-corrected chi connectivity index (χ0v) is 10.2. The highest BCUT2D eigenvalue weighted by molar-refractivity contribution is 7.85. The fourth-order valence-corrected chi connectivity index (χ4v) is 2.40. The van der Waals surface area contributed by atoms with Gasteiger partial charge in [-0.15, -0.1) is 0 Å². The smallest absolute Gasteiger partial charge is 0.345 e. The Morgan fingerprint density at radius 1 is 1.29 bits per heavy atom. The third kappa shape index (κ3) is 2.62. The van der Waals surface area contributed by atoms with Crippen LogP contribution >= 0.6 is 0 Å². The normalized spacial score (nSPS) is 13.6. The summed E-state index contributed by atoms with van der Waals surface area (Å²) in [4.78, 5) is 3.20. The molecule has 0 unspecified atom stereocenters. The quantitative estimate of drug-likeness (QED) is 0.358. The third-order valence-corrected chi connectivity index (χ3v) is 3.30. The van der Waals surface area contributed by atoms with E-state index in [4.69, 9.17) is 10.1 Å². The maximum absolute atomic E-state index is 11.1. The van der Waals surface area contributed by atoms with E-state index in [1.807, 2.05) is 0 Å². The van der Waals surface area contributed by atoms with Crippen LogP contribution < -0.4 is 12.4 Å². The topological polar surface area (TPSA) is 92.3 Å². The van der Waals surface area contributed by atoms with E-state index in [-0.39, 0.29) is 17.3 Å². The number of benzene rings is 1. The van der Waals surface area contributed by atoms with Crippen molar-refractivity contribution in [3.63, 3.8) is 0 Å². The summed E-state index contributed by atoms with van der Waals surface area (Å²) in [6.45, 7) is 0. The molecule has 0 radical (unpaired) electrons. The molecule has 2 N–H and O–H groups in total. The third-order valence-electron chi connectivity index (χ3n) is 2.39. The van der Waals surface area contributed by atoms with Gasteiger partial charge in [0.2, 0.25) is 0 Å². The molecule has 90 valence electrons. The van der Waals surface area contributed by atoms with Crippen molar-refractivity contribution < 1.29 is 30.2 Å². The van der Waals surface area contributed by atoms with Crippen molar-refractivity contribution in [2.45, 2.75) is 11.3 Å². The summed E-state index contributed by atoms with van der Waals surface area (Å²) < 4.78 is 31.3. The second-order valence-corrected chi connectivity index (χ2v) is 4.81. The molecule has 2 rings (SSSR count). The highest BCUT2D eigenvalue weighted by Gasteiger charge is 2.22. The number of fused-ring (bicyclic) bond motifs is 1. The fraction of sp³-hybridized carbons (Fsp3) is 0.100. The molecule has 1 aromatic rings. The van der Waals surface area contributed by atoms with Gasteiger partial charge in [0, 0.05) is 6.08 Å². The number of nitrogens with one attached hydrogen (secondary N) is 1. The summed E-state index contributed by atoms with van der Waals surface area (Å²) >= 11 is 0. The van der Waals surface area contributed by atoms with Crippen LogP contribution in [0.25, 0.3) is 6.08 Å². The van der Waals surface area contributed by atoms with Crippen LogP contribution in [0.3, 0.4) is 0 Å². The lowest BCUT2D eigenvalue weighted by Gasteiger charge is -2.10. The monoisotopic (exact) mass is 272 g/mol. The molecule has 0 amide bonds. The molecule has 5 nitrogen and oxygen atoms in total. The van der Waals surface area contributed by atoms with Gasteiger partial charge in [0.1, 0.15) is 4.90 Å². The average Bonchev–Trinajstić information content (AvgIpc) is 2.26. The Bertz CT molecular complexity index is 631. The Hall–Kier alpha value is -1.46. The summed E-state index contributed by atoms with van der Waals surface area (Å²) in [5.41, 5.74) is 8.65. The summed E-state index contributed by atoms with van der Waals surface area (Å²) in [6, 6.07) is 4.66. The van der Waals surface area contributed by atoms with E-state index in [9.17, 15) is 8.42 Å². The van der Waals surface area contributed by atoms with Gasteiger partial charge >= 0.3 is 5.71 Å². The lowest BCUT2D eigenvalue weighted by Crippen LogP contribution is -3.00. The van der Waals surface area contributed by atoms with Gasteiger partial charge in [-0.2, -0.15) is 8.42 Å². The molecular formula is C10H9ClN2O3S. The van der Waals surface area contributed by atoms with Gasteiger partial charge in [-0.05, 0) is 23.3 Å². The molecule has 0 bridgehead atoms. The number of hydrogen-bond acceptors (Lipinski definition) is 3. The molecule has 1 aromatic carbocycles. The predicted molar refractivity (Wildman–Crippen MR) is 57.0 cm³/mol. The van der Waals surface area contributed by atoms with Crippen LogP contribution in [-0.4, -0.2) is 23.5 Å². The molecule has 1 aliphatic carbocycles. The van der Waals surface area contributed by atoms with Crippen LogP contribution in [0.1, 0.15) is 11.1 Å². The Morgan fingerprint density at radius 3 is 2.59 bits per heavy atom. The van der Waals surface area contributed by atoms with Gasteiger partial charge in [-0.1, -0.05) is 12.1 Å². The van der Waals surface area contributed by atoms with E-state index in [0.717, 1.165) is 5.56 Å². The number of nitrogens with zero attached hydrogens (tertiary/aromatic N) is 1. The highest BCUT2D eigenvalue weighted by atomic mass is 35.5. The van der Waals surface area contributed by atoms with Crippen LogP contribution in [0.15, 0.2) is 29.2 Å². The first-order chi connectivity index (χ1) is 7.52. The number of rotatable bonds is 1. The number of hydrogen-bond donors (Lipinski definition) is 2. The summed E-state index contributed by atoms with van der Waals surface area (Å²) in [7, 11) is -4.21. The average molecular weight is 273 g/mol. The largest absolute Gasteiger partial charge is 1.00 e. The van der Waals surface area contributed by atoms with E-state index >= 15 is 0 Å². The molecule has 7 heteroatoms. The molecule has 17 heavy (non-hydrogen) atoms. The molecular weight excluding hydrogens is 264 g/mol. The van der Waals surface area contributed by atoms with Crippen molar-refractivity contribution >= 4 is 21.9 Å². The molecule has 0 spiro atoms. The van der Waals surface area contributed by atoms with Crippen LogP contribution in [-0.2, 0) is 16.5 Å². The molecule has 0 aliphatic heterocycles. The molecule has 0 aromatic heterocycles. The first kappa shape index (κ1) is 13.6. The second kappa shape index (κ2) is 4.81. The van der Waals surface area contributed by atoms with Gasteiger partial charge in [-0.3, -0.25) is 4.55 Å². The van der Waals surface area contributed by atoms with Gasteiger partial charge < -0.3 is 12.4 Å². The molecule has 0 saturated heterocycles. The maximum atomic E-state index is 11.1. The van der Waals surface area contributed by atoms with Crippen molar-refractivity contribution in [1.29, 1.82) is 5.53 Å². The van der Waals surface area contributed by atoms with E-state index in [2.05, 4.69) is 4.79 Å². The van der Waals surface area contributed by atoms with Crippen LogP contribution in [0.4, 0.5) is 0 Å². The van der Waals surface area contributed by atoms with Crippen molar-refractivity contribution in [3.8, 4) is 0 Å². The fourth-order valence-electron chi connectivity index (χ4n) is 1.67. The maximum Gasteiger partial charge on any atom is 0.345 e. The second-order valence-electron chi connectivity index (χ2n) is 3.42. The first-order valence-corrected chi connectivity index (χ1v) is 5.97. The Balaban J connectivity index is 0.00000144. The van der Waals surface area contributed by atoms with Crippen molar-refractivity contribution in [2.24, 2.45) is 0 Å². The van der Waals surface area contributed by atoms with Crippen molar-refractivity contribution in [3.05, 3.63) is 35.4 Å². The number of halogens is 1. The Kier molecular flexibility index (Phi) is 3.85. The standard InChI is InChI=1S/C10H8N2O3S.ClH/c11-12-8-4-5-9-7(6-8)2-1-3-10(9)16(13,14)15;/h1-5,11H,6H2;1H. The molecule has 0 saturated carbocycles. The summed E-state index contributed by atoms with van der Waals surface area (Å²) in [5, 5.41) is 0. The zero-order valence-electron chi connectivity index (χ0n) is 8.59. The van der Waals surface area contributed by atoms with E-state index in [0.29, 0.717) is 17.7 Å². The Morgan fingerprint density at radius 2 is 2.00 bits per heavy atom. The minimum absolute atomic E-state index is 0. The zero-order chi connectivity index (χ0) is 11.8. The number of allylic oxidation sites excluding steroid dienone is 1.